The van der Waals surface area contributed by atoms with E-state index in [2.05, 4.69) is 37.3 Å². The van der Waals surface area contributed by atoms with Crippen molar-refractivity contribution in [2.45, 2.75) is 65.7 Å². The lowest BCUT2D eigenvalue weighted by atomic mass is 9.76. The molecule has 1 aromatic heterocycles. The molecule has 0 bridgehead atoms. The molecule has 116 valence electrons. The van der Waals surface area contributed by atoms with Crippen LogP contribution in [0.4, 0.5) is 0 Å². The van der Waals surface area contributed by atoms with Gasteiger partial charge >= 0.3 is 0 Å². The molecule has 3 rings (SSSR count). The average Bonchev–Trinajstić information content (AvgIpc) is 2.91. The first-order chi connectivity index (χ1) is 10.2. The molecule has 1 heterocycles. The summed E-state index contributed by atoms with van der Waals surface area (Å²) in [6.07, 6.45) is 8.92. The summed E-state index contributed by atoms with van der Waals surface area (Å²) in [4.78, 5) is 0. The molecule has 1 aliphatic carbocycles. The van der Waals surface area contributed by atoms with Gasteiger partial charge in [-0.25, -0.2) is 0 Å². The summed E-state index contributed by atoms with van der Waals surface area (Å²) in [5.74, 6) is 1.71. The first-order valence-electron chi connectivity index (χ1n) is 8.62. The predicted molar refractivity (Wildman–Crippen MR) is 91.8 cm³/mol. The van der Waals surface area contributed by atoms with Crippen LogP contribution in [0.5, 0.6) is 0 Å². The Morgan fingerprint density at radius 3 is 2.43 bits per heavy atom. The van der Waals surface area contributed by atoms with Crippen LogP contribution < -0.4 is 0 Å². The van der Waals surface area contributed by atoms with Crippen LogP contribution in [-0.4, -0.2) is 9.78 Å². The van der Waals surface area contributed by atoms with Crippen LogP contribution in [0.2, 0.25) is 0 Å². The van der Waals surface area contributed by atoms with Gasteiger partial charge in [0.1, 0.15) is 0 Å². The number of hydrogen-bond acceptors (Lipinski definition) is 1. The molecule has 1 aliphatic rings. The normalized spacial score (nSPS) is 22.0. The van der Waals surface area contributed by atoms with Gasteiger partial charge in [0, 0.05) is 12.4 Å². The van der Waals surface area contributed by atoms with Gasteiger partial charge in [-0.05, 0) is 61.6 Å². The van der Waals surface area contributed by atoms with Crippen LogP contribution in [-0.2, 0) is 7.05 Å². The molecule has 0 N–H and O–H groups in total. The zero-order chi connectivity index (χ0) is 15.4. The molecule has 0 amide bonds. The van der Waals surface area contributed by atoms with Crippen molar-refractivity contribution in [3.05, 3.63) is 29.5 Å². The third-order valence-electron chi connectivity index (χ3n) is 5.02. The van der Waals surface area contributed by atoms with Gasteiger partial charge in [0.25, 0.3) is 0 Å². The number of fused-ring (bicyclic) bond motifs is 1. The molecule has 1 fully saturated rings. The Balaban J connectivity index is 0.000000774. The van der Waals surface area contributed by atoms with Gasteiger partial charge in [-0.2, -0.15) is 5.10 Å². The number of rotatable bonds is 2. The highest BCUT2D eigenvalue weighted by Gasteiger charge is 2.24. The van der Waals surface area contributed by atoms with Gasteiger partial charge in [0.2, 0.25) is 0 Å². The molecule has 1 saturated carbocycles. The van der Waals surface area contributed by atoms with Crippen LogP contribution in [0.15, 0.2) is 18.3 Å². The molecular weight excluding hydrogens is 256 g/mol. The van der Waals surface area contributed by atoms with Crippen LogP contribution in [0.25, 0.3) is 10.9 Å². The van der Waals surface area contributed by atoms with Crippen molar-refractivity contribution in [1.29, 1.82) is 0 Å². The van der Waals surface area contributed by atoms with E-state index in [-0.39, 0.29) is 0 Å². The second kappa shape index (κ2) is 7.11. The first kappa shape index (κ1) is 16.1. The van der Waals surface area contributed by atoms with Gasteiger partial charge in [-0.3, -0.25) is 4.68 Å². The number of aromatic nitrogens is 2. The first-order valence-corrected chi connectivity index (χ1v) is 8.62. The Hall–Kier alpha value is -1.31. The second-order valence-corrected chi connectivity index (χ2v) is 6.12. The molecule has 0 saturated heterocycles. The lowest BCUT2D eigenvalue weighted by Crippen LogP contribution is -2.13. The van der Waals surface area contributed by atoms with Crippen molar-refractivity contribution in [3.63, 3.8) is 0 Å². The predicted octanol–water partition coefficient (Wildman–Crippen LogP) is 5.59. The lowest BCUT2D eigenvalue weighted by Gasteiger charge is -2.29. The Morgan fingerprint density at radius 2 is 1.81 bits per heavy atom. The molecule has 2 aromatic rings. The maximum atomic E-state index is 4.44. The molecular formula is C19H30N2. The van der Waals surface area contributed by atoms with E-state index in [1.807, 2.05) is 25.6 Å². The summed E-state index contributed by atoms with van der Waals surface area (Å²) in [5.41, 5.74) is 4.29. The number of benzene rings is 1. The molecule has 21 heavy (non-hydrogen) atoms. The van der Waals surface area contributed by atoms with Gasteiger partial charge in [0.15, 0.2) is 0 Å². The van der Waals surface area contributed by atoms with E-state index in [0.29, 0.717) is 0 Å². The van der Waals surface area contributed by atoms with E-state index in [4.69, 9.17) is 0 Å². The molecule has 0 atom stereocenters. The van der Waals surface area contributed by atoms with Crippen molar-refractivity contribution in [2.75, 3.05) is 0 Å². The summed E-state index contributed by atoms with van der Waals surface area (Å²) in [7, 11) is 2.04. The topological polar surface area (TPSA) is 17.8 Å². The average molecular weight is 286 g/mol. The number of aryl methyl sites for hydroxylation is 2. The summed E-state index contributed by atoms with van der Waals surface area (Å²) in [5, 5.41) is 5.82. The van der Waals surface area contributed by atoms with E-state index in [0.717, 1.165) is 11.8 Å². The Morgan fingerprint density at radius 1 is 1.14 bits per heavy atom. The SMILES string of the molecule is CC.CCC1CCC(c2c(C)ccc3c2cnn3C)CC1. The minimum absolute atomic E-state index is 0.746. The van der Waals surface area contributed by atoms with Gasteiger partial charge in [-0.15, -0.1) is 0 Å². The second-order valence-electron chi connectivity index (χ2n) is 6.12. The minimum atomic E-state index is 0.746. The molecule has 0 aliphatic heterocycles. The summed E-state index contributed by atoms with van der Waals surface area (Å²) in [6.45, 7) is 8.59. The molecule has 2 heteroatoms. The largest absolute Gasteiger partial charge is 0.268 e. The fourth-order valence-corrected chi connectivity index (χ4v) is 3.76. The highest BCUT2D eigenvalue weighted by atomic mass is 15.2. The van der Waals surface area contributed by atoms with E-state index in [9.17, 15) is 0 Å². The molecule has 0 radical (unpaired) electrons. The Labute approximate surface area is 129 Å². The van der Waals surface area contributed by atoms with E-state index in [1.54, 1.807) is 5.56 Å². The highest BCUT2D eigenvalue weighted by molar-refractivity contribution is 5.84. The molecule has 2 nitrogen and oxygen atoms in total. The molecule has 1 aromatic carbocycles. The summed E-state index contributed by atoms with van der Waals surface area (Å²) in [6, 6.07) is 4.48. The van der Waals surface area contributed by atoms with Crippen LogP contribution >= 0.6 is 0 Å². The maximum Gasteiger partial charge on any atom is 0.0682 e. The Kier molecular flexibility index (Phi) is 5.44. The zero-order valence-electron chi connectivity index (χ0n) is 14.3. The smallest absolute Gasteiger partial charge is 0.0682 e. The van der Waals surface area contributed by atoms with E-state index in [1.165, 1.54) is 48.6 Å². The third-order valence-corrected chi connectivity index (χ3v) is 5.02. The third kappa shape index (κ3) is 3.14. The van der Waals surface area contributed by atoms with Crippen molar-refractivity contribution in [3.8, 4) is 0 Å². The van der Waals surface area contributed by atoms with Gasteiger partial charge in [-0.1, -0.05) is 33.3 Å². The van der Waals surface area contributed by atoms with E-state index >= 15 is 0 Å². The summed E-state index contributed by atoms with van der Waals surface area (Å²) >= 11 is 0. The number of nitrogens with zero attached hydrogens (tertiary/aromatic N) is 2. The van der Waals surface area contributed by atoms with Crippen molar-refractivity contribution in [2.24, 2.45) is 13.0 Å². The number of hydrogen-bond donors (Lipinski definition) is 0. The molecule has 0 spiro atoms. The zero-order valence-corrected chi connectivity index (χ0v) is 14.3. The lowest BCUT2D eigenvalue weighted by molar-refractivity contribution is 0.319. The van der Waals surface area contributed by atoms with Gasteiger partial charge in [0.05, 0.1) is 11.7 Å². The van der Waals surface area contributed by atoms with Crippen molar-refractivity contribution < 1.29 is 0 Å². The van der Waals surface area contributed by atoms with Crippen LogP contribution in [0.3, 0.4) is 0 Å². The van der Waals surface area contributed by atoms with Gasteiger partial charge < -0.3 is 0 Å². The Bertz CT molecular complexity index is 575. The molecule has 0 unspecified atom stereocenters. The minimum Gasteiger partial charge on any atom is -0.268 e. The van der Waals surface area contributed by atoms with Crippen molar-refractivity contribution >= 4 is 10.9 Å². The van der Waals surface area contributed by atoms with Crippen LogP contribution in [0, 0.1) is 12.8 Å². The monoisotopic (exact) mass is 286 g/mol. The fourth-order valence-electron chi connectivity index (χ4n) is 3.76. The maximum absolute atomic E-state index is 4.44. The highest BCUT2D eigenvalue weighted by Crippen LogP contribution is 2.40. The van der Waals surface area contributed by atoms with Crippen molar-refractivity contribution in [1.82, 2.24) is 9.78 Å². The summed E-state index contributed by atoms with van der Waals surface area (Å²) < 4.78 is 2.00. The van der Waals surface area contributed by atoms with E-state index < -0.39 is 0 Å². The standard InChI is InChI=1S/C17H24N2.C2H6/c1-4-13-6-8-14(9-7-13)17-12(2)5-10-16-15(17)11-18-19(16)3;1-2/h5,10-11,13-14H,4,6-9H2,1-3H3;1-2H3. The quantitative estimate of drug-likeness (QED) is 0.703. The van der Waals surface area contributed by atoms with Crippen LogP contribution in [0.1, 0.15) is 69.9 Å². The fraction of sp³-hybridized carbons (Fsp3) is 0.632.